The number of aliphatic hydroxyl groups is 2. The molecule has 1 amide bonds. The Hall–Kier alpha value is -3.50. The van der Waals surface area contributed by atoms with E-state index in [1.807, 2.05) is 19.1 Å². The number of amides is 1. The third-order valence-corrected chi connectivity index (χ3v) is 11.0. The number of carbonyl (C=O) groups is 4. The van der Waals surface area contributed by atoms with Gasteiger partial charge in [-0.25, -0.2) is 0 Å². The molecule has 0 spiro atoms. The third-order valence-electron chi connectivity index (χ3n) is 11.0. The number of esters is 1. The normalized spacial score (nSPS) is 35.3. The maximum atomic E-state index is 13.4. The van der Waals surface area contributed by atoms with Crippen molar-refractivity contribution in [1.82, 2.24) is 5.32 Å². The van der Waals surface area contributed by atoms with Crippen molar-refractivity contribution in [3.05, 3.63) is 47.6 Å². The number of rotatable bonds is 8. The lowest BCUT2D eigenvalue weighted by Gasteiger charge is -2.59. The van der Waals surface area contributed by atoms with E-state index < -0.39 is 40.9 Å². The van der Waals surface area contributed by atoms with Gasteiger partial charge in [-0.2, -0.15) is 0 Å². The number of benzene rings is 1. The summed E-state index contributed by atoms with van der Waals surface area (Å²) in [6, 6.07) is 5.40. The van der Waals surface area contributed by atoms with Gasteiger partial charge in [-0.15, -0.1) is 0 Å². The van der Waals surface area contributed by atoms with Gasteiger partial charge in [0.15, 0.2) is 23.9 Å². The van der Waals surface area contributed by atoms with Crippen LogP contribution in [-0.4, -0.2) is 58.8 Å². The van der Waals surface area contributed by atoms with Crippen LogP contribution in [-0.2, 0) is 30.5 Å². The summed E-state index contributed by atoms with van der Waals surface area (Å²) in [7, 11) is 0. The minimum absolute atomic E-state index is 0.00135. The Balaban J connectivity index is 1.03. The topological polar surface area (TPSA) is 148 Å². The Morgan fingerprint density at radius 2 is 1.95 bits per heavy atom. The molecule has 0 bridgehead atoms. The molecule has 3 N–H and O–H groups in total. The number of hydrogen-bond acceptors (Lipinski definition) is 9. The molecule has 1 aromatic carbocycles. The van der Waals surface area contributed by atoms with Gasteiger partial charge in [0.2, 0.25) is 18.5 Å². The van der Waals surface area contributed by atoms with Crippen LogP contribution in [0.1, 0.15) is 64.4 Å². The van der Waals surface area contributed by atoms with Gasteiger partial charge in [-0.3, -0.25) is 19.2 Å². The summed E-state index contributed by atoms with van der Waals surface area (Å²) in [5, 5.41) is 26.1. The van der Waals surface area contributed by atoms with Gasteiger partial charge in [0.05, 0.1) is 12.5 Å². The fraction of sp³-hybridized carbons (Fsp3) is 0.576. The summed E-state index contributed by atoms with van der Waals surface area (Å²) < 4.78 is 16.0. The summed E-state index contributed by atoms with van der Waals surface area (Å²) in [5.41, 5.74) is -1.25. The average Bonchev–Trinajstić information content (AvgIpc) is 3.56. The molecule has 0 aromatic heterocycles. The standard InChI is InChI=1S/C33H39NO9/c1-31-12-10-21(35)14-20(31)6-7-22-23-11-13-33(40,32(23,2)15-24(36)29(22)31)26(37)17-41-28(39)9-8-27(38)34-16-19-4-3-5-25-30(19)43-18-42-25/h3-5,10,12,14,22-24,29,36,40H,6-9,11,13,15-18H2,1-2H3,(H,34,38)/t22-,23-,24+,29+,31+,32+,33+/m1/s1. The van der Waals surface area contributed by atoms with E-state index in [0.29, 0.717) is 17.9 Å². The monoisotopic (exact) mass is 593 g/mol. The number of ether oxygens (including phenoxy) is 3. The number of para-hydroxylation sites is 1. The van der Waals surface area contributed by atoms with Crippen LogP contribution in [0.5, 0.6) is 11.5 Å². The number of nitrogens with one attached hydrogen (secondary N) is 1. The van der Waals surface area contributed by atoms with Crippen molar-refractivity contribution >= 4 is 23.4 Å². The molecule has 3 fully saturated rings. The van der Waals surface area contributed by atoms with Crippen molar-refractivity contribution in [1.29, 1.82) is 0 Å². The molecule has 3 saturated carbocycles. The van der Waals surface area contributed by atoms with Gasteiger partial charge >= 0.3 is 5.97 Å². The smallest absolute Gasteiger partial charge is 0.306 e. The molecule has 1 aromatic rings. The van der Waals surface area contributed by atoms with Crippen molar-refractivity contribution in [3.8, 4) is 11.5 Å². The Kier molecular flexibility index (Phi) is 7.49. The molecule has 5 aliphatic rings. The zero-order valence-electron chi connectivity index (χ0n) is 24.6. The zero-order valence-corrected chi connectivity index (χ0v) is 24.6. The second kappa shape index (κ2) is 10.9. The number of Topliss-reactive ketones (excluding diaryl/α,β-unsaturated/α-hetero) is 1. The first kappa shape index (κ1) is 29.6. The lowest BCUT2D eigenvalue weighted by atomic mass is 9.46. The quantitative estimate of drug-likeness (QED) is 0.387. The first-order chi connectivity index (χ1) is 20.5. The van der Waals surface area contributed by atoms with E-state index in [0.717, 1.165) is 24.0 Å². The highest BCUT2D eigenvalue weighted by atomic mass is 16.7. The molecule has 4 aliphatic carbocycles. The summed E-state index contributed by atoms with van der Waals surface area (Å²) in [5.74, 6) is -0.495. The number of ketones is 2. The molecule has 7 atom stereocenters. The number of hydrogen-bond donors (Lipinski definition) is 3. The maximum absolute atomic E-state index is 13.4. The SMILES string of the molecule is C[C@]12C=CC(=O)C=C1CC[C@H]1[C@H]2[C@@H](O)C[C@@]2(C)[C@@H]1CC[C@]2(O)C(=O)COC(=O)CCC(=O)NCc1cccc2c1OCO2. The number of carbonyl (C=O) groups excluding carboxylic acids is 4. The Morgan fingerprint density at radius 1 is 1.14 bits per heavy atom. The van der Waals surface area contributed by atoms with E-state index in [1.165, 1.54) is 0 Å². The van der Waals surface area contributed by atoms with Gasteiger partial charge in [0, 0.05) is 35.3 Å². The Labute approximate surface area is 250 Å². The summed E-state index contributed by atoms with van der Waals surface area (Å²) in [4.78, 5) is 50.3. The predicted molar refractivity (Wildman–Crippen MR) is 153 cm³/mol. The number of allylic oxidation sites excluding steroid dienone is 4. The molecule has 230 valence electrons. The highest BCUT2D eigenvalue weighted by Gasteiger charge is 2.68. The summed E-state index contributed by atoms with van der Waals surface area (Å²) in [6.07, 6.45) is 6.71. The first-order valence-electron chi connectivity index (χ1n) is 15.1. The molecule has 1 heterocycles. The van der Waals surface area contributed by atoms with E-state index in [-0.39, 0.29) is 68.5 Å². The van der Waals surface area contributed by atoms with Gasteiger partial charge in [0.25, 0.3) is 0 Å². The van der Waals surface area contributed by atoms with Gasteiger partial charge in [-0.05, 0) is 62.2 Å². The number of aliphatic hydroxyl groups excluding tert-OH is 1. The van der Waals surface area contributed by atoms with Crippen LogP contribution in [0.25, 0.3) is 0 Å². The molecule has 0 unspecified atom stereocenters. The van der Waals surface area contributed by atoms with Gasteiger partial charge in [0.1, 0.15) is 5.60 Å². The van der Waals surface area contributed by atoms with Crippen LogP contribution < -0.4 is 14.8 Å². The molecule has 10 nitrogen and oxygen atoms in total. The third kappa shape index (κ3) is 4.88. The first-order valence-corrected chi connectivity index (χ1v) is 15.1. The number of fused-ring (bicyclic) bond motifs is 6. The summed E-state index contributed by atoms with van der Waals surface area (Å²) >= 11 is 0. The van der Waals surface area contributed by atoms with Crippen LogP contribution >= 0.6 is 0 Å². The fourth-order valence-corrected chi connectivity index (χ4v) is 8.75. The van der Waals surface area contributed by atoms with Crippen LogP contribution in [0, 0.1) is 28.6 Å². The summed E-state index contributed by atoms with van der Waals surface area (Å²) in [6.45, 7) is 3.70. The maximum Gasteiger partial charge on any atom is 0.306 e. The second-order valence-corrected chi connectivity index (χ2v) is 13.1. The van der Waals surface area contributed by atoms with E-state index in [9.17, 15) is 29.4 Å². The Bertz CT molecular complexity index is 1420. The molecule has 1 aliphatic heterocycles. The largest absolute Gasteiger partial charge is 0.458 e. The van der Waals surface area contributed by atoms with Crippen molar-refractivity contribution < 1.29 is 43.6 Å². The van der Waals surface area contributed by atoms with E-state index in [4.69, 9.17) is 14.2 Å². The predicted octanol–water partition coefficient (Wildman–Crippen LogP) is 2.93. The van der Waals surface area contributed by atoms with Crippen LogP contribution in [0.3, 0.4) is 0 Å². The van der Waals surface area contributed by atoms with Crippen molar-refractivity contribution in [2.75, 3.05) is 13.4 Å². The van der Waals surface area contributed by atoms with Crippen LogP contribution in [0.15, 0.2) is 42.0 Å². The Morgan fingerprint density at radius 3 is 2.77 bits per heavy atom. The lowest BCUT2D eigenvalue weighted by Crippen LogP contribution is -2.61. The fourth-order valence-electron chi connectivity index (χ4n) is 8.75. The average molecular weight is 594 g/mol. The molecule has 0 radical (unpaired) electrons. The van der Waals surface area contributed by atoms with Crippen molar-refractivity contribution in [2.45, 2.75) is 77.0 Å². The molecule has 10 heteroatoms. The van der Waals surface area contributed by atoms with Crippen LogP contribution in [0.4, 0.5) is 0 Å². The van der Waals surface area contributed by atoms with Crippen LogP contribution in [0.2, 0.25) is 0 Å². The van der Waals surface area contributed by atoms with E-state index in [2.05, 4.69) is 12.2 Å². The minimum atomic E-state index is -1.74. The van der Waals surface area contributed by atoms with Gasteiger partial charge < -0.3 is 29.7 Å². The van der Waals surface area contributed by atoms with Gasteiger partial charge in [-0.1, -0.05) is 37.6 Å². The molecular formula is C33H39NO9. The minimum Gasteiger partial charge on any atom is -0.458 e. The highest BCUT2D eigenvalue weighted by molar-refractivity contribution is 6.01. The second-order valence-electron chi connectivity index (χ2n) is 13.1. The highest BCUT2D eigenvalue weighted by Crippen LogP contribution is 2.67. The molecular weight excluding hydrogens is 554 g/mol. The lowest BCUT2D eigenvalue weighted by molar-refractivity contribution is -0.181. The molecule has 43 heavy (non-hydrogen) atoms. The van der Waals surface area contributed by atoms with Crippen molar-refractivity contribution in [3.63, 3.8) is 0 Å². The molecule has 6 rings (SSSR count). The molecule has 0 saturated heterocycles. The van der Waals surface area contributed by atoms with E-state index in [1.54, 1.807) is 24.3 Å². The zero-order chi connectivity index (χ0) is 30.6. The van der Waals surface area contributed by atoms with Crippen molar-refractivity contribution in [2.24, 2.45) is 28.6 Å². The van der Waals surface area contributed by atoms with E-state index >= 15 is 0 Å².